The van der Waals surface area contributed by atoms with Crippen LogP contribution in [0.5, 0.6) is 0 Å². The molecular formula is C15H32N2O. The van der Waals surface area contributed by atoms with Crippen molar-refractivity contribution in [1.29, 1.82) is 0 Å². The van der Waals surface area contributed by atoms with Crippen LogP contribution in [0.15, 0.2) is 0 Å². The molecule has 0 aliphatic carbocycles. The Bertz CT molecular complexity index is 241. The zero-order valence-corrected chi connectivity index (χ0v) is 12.9. The summed E-state index contributed by atoms with van der Waals surface area (Å²) in [5.74, 6) is 1.34. The fraction of sp³-hybridized carbons (Fsp3) is 1.00. The van der Waals surface area contributed by atoms with Crippen molar-refractivity contribution in [2.75, 3.05) is 32.8 Å². The zero-order valence-electron chi connectivity index (χ0n) is 12.9. The van der Waals surface area contributed by atoms with E-state index in [1.807, 2.05) is 0 Å². The molecule has 3 heteroatoms. The van der Waals surface area contributed by atoms with Gasteiger partial charge in [0.05, 0.1) is 6.61 Å². The standard InChI is InChI=1S/C15H32N2O/c1-12(2)8-16-10-15(4,5)11-17-7-6-13(3)14(17)9-18/h12-14,16,18H,6-11H2,1-5H3. The van der Waals surface area contributed by atoms with Crippen LogP contribution in [0.25, 0.3) is 0 Å². The highest BCUT2D eigenvalue weighted by molar-refractivity contribution is 4.88. The Hall–Kier alpha value is -0.120. The second-order valence-corrected chi connectivity index (χ2v) is 7.18. The Morgan fingerprint density at radius 2 is 2.06 bits per heavy atom. The lowest BCUT2D eigenvalue weighted by Crippen LogP contribution is -2.45. The van der Waals surface area contributed by atoms with Gasteiger partial charge in [0.25, 0.3) is 0 Å². The first-order chi connectivity index (χ1) is 8.35. The van der Waals surface area contributed by atoms with Gasteiger partial charge in [-0.2, -0.15) is 0 Å². The summed E-state index contributed by atoms with van der Waals surface area (Å²) in [4.78, 5) is 2.47. The highest BCUT2D eigenvalue weighted by Crippen LogP contribution is 2.27. The van der Waals surface area contributed by atoms with Crippen molar-refractivity contribution in [2.45, 2.75) is 47.1 Å². The second-order valence-electron chi connectivity index (χ2n) is 7.18. The van der Waals surface area contributed by atoms with Crippen LogP contribution in [-0.4, -0.2) is 48.8 Å². The van der Waals surface area contributed by atoms with Crippen LogP contribution in [-0.2, 0) is 0 Å². The van der Waals surface area contributed by atoms with Gasteiger partial charge in [0.2, 0.25) is 0 Å². The smallest absolute Gasteiger partial charge is 0.0589 e. The van der Waals surface area contributed by atoms with Crippen LogP contribution in [0.2, 0.25) is 0 Å². The summed E-state index contributed by atoms with van der Waals surface area (Å²) in [5.41, 5.74) is 0.270. The zero-order chi connectivity index (χ0) is 13.8. The number of hydrogen-bond acceptors (Lipinski definition) is 3. The summed E-state index contributed by atoms with van der Waals surface area (Å²) < 4.78 is 0. The molecular weight excluding hydrogens is 224 g/mol. The largest absolute Gasteiger partial charge is 0.395 e. The van der Waals surface area contributed by atoms with Crippen molar-refractivity contribution in [1.82, 2.24) is 10.2 Å². The van der Waals surface area contributed by atoms with E-state index in [1.165, 1.54) is 6.42 Å². The van der Waals surface area contributed by atoms with Gasteiger partial charge < -0.3 is 10.4 Å². The minimum atomic E-state index is 0.270. The number of hydrogen-bond donors (Lipinski definition) is 2. The molecule has 0 aromatic carbocycles. The molecule has 2 atom stereocenters. The molecule has 108 valence electrons. The van der Waals surface area contributed by atoms with Crippen molar-refractivity contribution in [3.8, 4) is 0 Å². The Labute approximate surface area is 113 Å². The molecule has 1 saturated heterocycles. The van der Waals surface area contributed by atoms with Crippen LogP contribution in [0.4, 0.5) is 0 Å². The third-order valence-corrected chi connectivity index (χ3v) is 3.97. The van der Waals surface area contributed by atoms with E-state index >= 15 is 0 Å². The summed E-state index contributed by atoms with van der Waals surface area (Å²) in [5, 5.41) is 13.0. The van der Waals surface area contributed by atoms with Crippen LogP contribution >= 0.6 is 0 Å². The highest BCUT2D eigenvalue weighted by atomic mass is 16.3. The van der Waals surface area contributed by atoms with Gasteiger partial charge in [-0.3, -0.25) is 4.90 Å². The van der Waals surface area contributed by atoms with E-state index in [2.05, 4.69) is 44.8 Å². The average molecular weight is 256 g/mol. The topological polar surface area (TPSA) is 35.5 Å². The molecule has 3 nitrogen and oxygen atoms in total. The number of nitrogens with zero attached hydrogens (tertiary/aromatic N) is 1. The maximum atomic E-state index is 9.50. The molecule has 2 unspecified atom stereocenters. The van der Waals surface area contributed by atoms with Gasteiger partial charge in [-0.25, -0.2) is 0 Å². The van der Waals surface area contributed by atoms with Crippen molar-refractivity contribution in [2.24, 2.45) is 17.3 Å². The normalized spacial score (nSPS) is 26.2. The van der Waals surface area contributed by atoms with Crippen LogP contribution in [0.3, 0.4) is 0 Å². The van der Waals surface area contributed by atoms with E-state index in [1.54, 1.807) is 0 Å². The maximum absolute atomic E-state index is 9.50. The van der Waals surface area contributed by atoms with Gasteiger partial charge in [0.15, 0.2) is 0 Å². The van der Waals surface area contributed by atoms with E-state index < -0.39 is 0 Å². The second kappa shape index (κ2) is 6.88. The summed E-state index contributed by atoms with van der Waals surface area (Å²) in [7, 11) is 0. The predicted molar refractivity (Wildman–Crippen MR) is 77.7 cm³/mol. The summed E-state index contributed by atoms with van der Waals surface area (Å²) in [6.45, 7) is 16.0. The lowest BCUT2D eigenvalue weighted by atomic mass is 9.91. The highest BCUT2D eigenvalue weighted by Gasteiger charge is 2.33. The number of nitrogens with one attached hydrogen (secondary N) is 1. The van der Waals surface area contributed by atoms with Gasteiger partial charge in [0.1, 0.15) is 0 Å². The van der Waals surface area contributed by atoms with Gasteiger partial charge in [-0.1, -0.05) is 34.6 Å². The van der Waals surface area contributed by atoms with E-state index in [4.69, 9.17) is 0 Å². The van der Waals surface area contributed by atoms with Crippen LogP contribution < -0.4 is 5.32 Å². The quantitative estimate of drug-likeness (QED) is 0.731. The molecule has 0 bridgehead atoms. The Morgan fingerprint density at radius 1 is 1.39 bits per heavy atom. The third kappa shape index (κ3) is 4.87. The van der Waals surface area contributed by atoms with Gasteiger partial charge in [0, 0.05) is 19.1 Å². The molecule has 0 aromatic heterocycles. The Kier molecular flexibility index (Phi) is 6.09. The van der Waals surface area contributed by atoms with Crippen molar-refractivity contribution in [3.05, 3.63) is 0 Å². The fourth-order valence-corrected chi connectivity index (χ4v) is 2.88. The monoisotopic (exact) mass is 256 g/mol. The molecule has 0 amide bonds. The SMILES string of the molecule is CC(C)CNCC(C)(C)CN1CCC(C)C1CO. The Balaban J connectivity index is 2.39. The summed E-state index contributed by atoms with van der Waals surface area (Å²) in [6, 6.07) is 0.370. The van der Waals surface area contributed by atoms with Crippen molar-refractivity contribution >= 4 is 0 Å². The van der Waals surface area contributed by atoms with Gasteiger partial charge in [-0.15, -0.1) is 0 Å². The fourth-order valence-electron chi connectivity index (χ4n) is 2.88. The number of aliphatic hydroxyl groups excluding tert-OH is 1. The molecule has 1 rings (SSSR count). The Morgan fingerprint density at radius 3 is 2.61 bits per heavy atom. The van der Waals surface area contributed by atoms with E-state index in [9.17, 15) is 5.11 Å². The molecule has 18 heavy (non-hydrogen) atoms. The van der Waals surface area contributed by atoms with Gasteiger partial charge >= 0.3 is 0 Å². The van der Waals surface area contributed by atoms with Gasteiger partial charge in [-0.05, 0) is 36.8 Å². The van der Waals surface area contributed by atoms with Crippen molar-refractivity contribution < 1.29 is 5.11 Å². The number of likely N-dealkylation sites (tertiary alicyclic amines) is 1. The minimum Gasteiger partial charge on any atom is -0.395 e. The molecule has 1 fully saturated rings. The molecule has 0 spiro atoms. The summed E-state index contributed by atoms with van der Waals surface area (Å²) in [6.07, 6.45) is 1.22. The number of aliphatic hydroxyl groups is 1. The number of rotatable bonds is 7. The molecule has 1 heterocycles. The molecule has 1 aliphatic heterocycles. The average Bonchev–Trinajstić information content (AvgIpc) is 2.57. The van der Waals surface area contributed by atoms with E-state index in [0.717, 1.165) is 26.2 Å². The van der Waals surface area contributed by atoms with Crippen LogP contribution in [0.1, 0.15) is 41.0 Å². The third-order valence-electron chi connectivity index (χ3n) is 3.97. The lowest BCUT2D eigenvalue weighted by Gasteiger charge is -2.34. The molecule has 0 saturated carbocycles. The molecule has 0 aromatic rings. The maximum Gasteiger partial charge on any atom is 0.0589 e. The van der Waals surface area contributed by atoms with Crippen LogP contribution in [0, 0.1) is 17.3 Å². The first kappa shape index (κ1) is 15.9. The molecule has 0 radical (unpaired) electrons. The lowest BCUT2D eigenvalue weighted by molar-refractivity contribution is 0.102. The molecule has 2 N–H and O–H groups in total. The first-order valence-corrected chi connectivity index (χ1v) is 7.41. The first-order valence-electron chi connectivity index (χ1n) is 7.41. The van der Waals surface area contributed by atoms with E-state index in [0.29, 0.717) is 24.5 Å². The van der Waals surface area contributed by atoms with E-state index in [-0.39, 0.29) is 5.41 Å². The minimum absolute atomic E-state index is 0.270. The van der Waals surface area contributed by atoms with Crippen molar-refractivity contribution in [3.63, 3.8) is 0 Å². The summed E-state index contributed by atoms with van der Waals surface area (Å²) >= 11 is 0. The predicted octanol–water partition coefficient (Wildman–Crippen LogP) is 1.96. The molecule has 1 aliphatic rings.